The molecule has 0 bridgehead atoms. The van der Waals surface area contributed by atoms with Gasteiger partial charge in [-0.25, -0.2) is 0 Å². The largest absolute Gasteiger partial charge is 0.480 e. The SMILES string of the molecule is CCN(CC(=O)O)Cc1ccc(Cl)c(Br)c1. The molecule has 16 heavy (non-hydrogen) atoms. The van der Waals surface area contributed by atoms with E-state index in [-0.39, 0.29) is 6.54 Å². The molecule has 0 radical (unpaired) electrons. The Balaban J connectivity index is 2.70. The van der Waals surface area contributed by atoms with Crippen LogP contribution in [0.25, 0.3) is 0 Å². The Morgan fingerprint density at radius 3 is 2.75 bits per heavy atom. The molecular formula is C11H13BrClNO2. The Labute approximate surface area is 108 Å². The van der Waals surface area contributed by atoms with E-state index in [1.807, 2.05) is 24.0 Å². The fraction of sp³-hybridized carbons (Fsp3) is 0.364. The summed E-state index contributed by atoms with van der Waals surface area (Å²) in [7, 11) is 0. The summed E-state index contributed by atoms with van der Waals surface area (Å²) in [6.07, 6.45) is 0. The van der Waals surface area contributed by atoms with E-state index in [4.69, 9.17) is 16.7 Å². The van der Waals surface area contributed by atoms with Crippen LogP contribution in [-0.4, -0.2) is 29.1 Å². The van der Waals surface area contributed by atoms with Crippen LogP contribution >= 0.6 is 27.5 Å². The highest BCUT2D eigenvalue weighted by Gasteiger charge is 2.08. The molecule has 1 aromatic carbocycles. The first-order chi connectivity index (χ1) is 7.52. The van der Waals surface area contributed by atoms with Crippen molar-refractivity contribution in [3.63, 3.8) is 0 Å². The number of benzene rings is 1. The first kappa shape index (κ1) is 13.5. The second kappa shape index (κ2) is 6.23. The molecule has 5 heteroatoms. The average Bonchev–Trinajstić information content (AvgIpc) is 2.22. The average molecular weight is 307 g/mol. The molecule has 1 aromatic rings. The lowest BCUT2D eigenvalue weighted by molar-refractivity contribution is -0.138. The van der Waals surface area contributed by atoms with Gasteiger partial charge in [0, 0.05) is 11.0 Å². The van der Waals surface area contributed by atoms with E-state index >= 15 is 0 Å². The second-order valence-electron chi connectivity index (χ2n) is 3.45. The van der Waals surface area contributed by atoms with Gasteiger partial charge in [0.05, 0.1) is 11.6 Å². The molecule has 3 nitrogen and oxygen atoms in total. The number of nitrogens with zero attached hydrogens (tertiary/aromatic N) is 1. The molecule has 88 valence electrons. The third-order valence-electron chi connectivity index (χ3n) is 2.20. The predicted octanol–water partition coefficient (Wildman–Crippen LogP) is 3.01. The number of halogens is 2. The number of carbonyl (C=O) groups is 1. The third kappa shape index (κ3) is 4.12. The third-order valence-corrected chi connectivity index (χ3v) is 3.41. The number of rotatable bonds is 5. The minimum Gasteiger partial charge on any atom is -0.480 e. The maximum absolute atomic E-state index is 10.6. The van der Waals surface area contributed by atoms with Crippen LogP contribution in [0.15, 0.2) is 22.7 Å². The monoisotopic (exact) mass is 305 g/mol. The van der Waals surface area contributed by atoms with E-state index in [9.17, 15) is 4.79 Å². The molecule has 0 fully saturated rings. The molecular weight excluding hydrogens is 293 g/mol. The lowest BCUT2D eigenvalue weighted by atomic mass is 10.2. The van der Waals surface area contributed by atoms with E-state index in [1.165, 1.54) is 0 Å². The van der Waals surface area contributed by atoms with Crippen LogP contribution < -0.4 is 0 Å². The summed E-state index contributed by atoms with van der Waals surface area (Å²) in [5, 5.41) is 9.38. The quantitative estimate of drug-likeness (QED) is 0.909. The predicted molar refractivity (Wildman–Crippen MR) is 67.7 cm³/mol. The Kier molecular flexibility index (Phi) is 5.25. The van der Waals surface area contributed by atoms with Crippen molar-refractivity contribution in [3.05, 3.63) is 33.3 Å². The maximum atomic E-state index is 10.6. The van der Waals surface area contributed by atoms with Gasteiger partial charge in [-0.05, 0) is 40.2 Å². The van der Waals surface area contributed by atoms with Gasteiger partial charge in [0.15, 0.2) is 0 Å². The molecule has 0 spiro atoms. The Bertz CT molecular complexity index is 384. The summed E-state index contributed by atoms with van der Waals surface area (Å²) < 4.78 is 0.832. The van der Waals surface area contributed by atoms with Crippen molar-refractivity contribution < 1.29 is 9.90 Å². The van der Waals surface area contributed by atoms with Crippen molar-refractivity contribution in [3.8, 4) is 0 Å². The van der Waals surface area contributed by atoms with E-state index in [0.717, 1.165) is 10.0 Å². The summed E-state index contributed by atoms with van der Waals surface area (Å²) in [5.74, 6) is -0.810. The first-order valence-electron chi connectivity index (χ1n) is 4.91. The smallest absolute Gasteiger partial charge is 0.317 e. The number of hydrogen-bond acceptors (Lipinski definition) is 2. The minimum atomic E-state index is -0.810. The lowest BCUT2D eigenvalue weighted by Gasteiger charge is -2.18. The molecule has 0 saturated heterocycles. The van der Waals surface area contributed by atoms with Crippen molar-refractivity contribution in [2.45, 2.75) is 13.5 Å². The number of likely N-dealkylation sites (N-methyl/N-ethyl adjacent to an activating group) is 1. The van der Waals surface area contributed by atoms with Crippen molar-refractivity contribution >= 4 is 33.5 Å². The standard InChI is InChI=1S/C11H13BrClNO2/c1-2-14(7-11(15)16)6-8-3-4-10(13)9(12)5-8/h3-5H,2,6-7H2,1H3,(H,15,16). The molecule has 0 aromatic heterocycles. The van der Waals surface area contributed by atoms with Gasteiger partial charge in [-0.15, -0.1) is 0 Å². The van der Waals surface area contributed by atoms with Crippen LogP contribution in [0, 0.1) is 0 Å². The zero-order valence-corrected chi connectivity index (χ0v) is 11.3. The summed E-state index contributed by atoms with van der Waals surface area (Å²) in [6, 6.07) is 5.61. The highest BCUT2D eigenvalue weighted by Crippen LogP contribution is 2.23. The topological polar surface area (TPSA) is 40.5 Å². The van der Waals surface area contributed by atoms with Crippen molar-refractivity contribution in [2.24, 2.45) is 0 Å². The molecule has 0 amide bonds. The summed E-state index contributed by atoms with van der Waals surface area (Å²) >= 11 is 9.22. The zero-order valence-electron chi connectivity index (χ0n) is 8.91. The van der Waals surface area contributed by atoms with Gasteiger partial charge in [-0.3, -0.25) is 9.69 Å². The van der Waals surface area contributed by atoms with Crippen molar-refractivity contribution in [1.29, 1.82) is 0 Å². The fourth-order valence-electron chi connectivity index (χ4n) is 1.37. The molecule has 0 aliphatic carbocycles. The van der Waals surface area contributed by atoms with Gasteiger partial charge in [0.25, 0.3) is 0 Å². The van der Waals surface area contributed by atoms with E-state index in [0.29, 0.717) is 18.1 Å². The molecule has 0 atom stereocenters. The van der Waals surface area contributed by atoms with Gasteiger partial charge in [-0.2, -0.15) is 0 Å². The Morgan fingerprint density at radius 1 is 1.56 bits per heavy atom. The molecule has 1 rings (SSSR count). The molecule has 0 aliphatic heterocycles. The van der Waals surface area contributed by atoms with Gasteiger partial charge in [0.1, 0.15) is 0 Å². The fourth-order valence-corrected chi connectivity index (χ4v) is 1.91. The van der Waals surface area contributed by atoms with Gasteiger partial charge < -0.3 is 5.11 Å². The van der Waals surface area contributed by atoms with E-state index in [2.05, 4.69) is 15.9 Å². The first-order valence-corrected chi connectivity index (χ1v) is 6.08. The normalized spacial score (nSPS) is 10.8. The van der Waals surface area contributed by atoms with Crippen molar-refractivity contribution in [1.82, 2.24) is 4.90 Å². The summed E-state index contributed by atoms with van der Waals surface area (Å²) in [6.45, 7) is 3.30. The van der Waals surface area contributed by atoms with Crippen molar-refractivity contribution in [2.75, 3.05) is 13.1 Å². The number of carboxylic acids is 1. The number of hydrogen-bond donors (Lipinski definition) is 1. The zero-order chi connectivity index (χ0) is 12.1. The van der Waals surface area contributed by atoms with Crippen LogP contribution in [0.3, 0.4) is 0 Å². The summed E-state index contributed by atoms with van der Waals surface area (Å²) in [5.41, 5.74) is 1.04. The van der Waals surface area contributed by atoms with Gasteiger partial charge in [-0.1, -0.05) is 24.6 Å². The molecule has 0 aliphatic rings. The molecule has 0 saturated carbocycles. The van der Waals surface area contributed by atoms with Gasteiger partial charge >= 0.3 is 5.97 Å². The maximum Gasteiger partial charge on any atom is 0.317 e. The minimum absolute atomic E-state index is 0.0523. The Morgan fingerprint density at radius 2 is 2.25 bits per heavy atom. The molecule has 1 N–H and O–H groups in total. The van der Waals surface area contributed by atoms with Crippen LogP contribution in [-0.2, 0) is 11.3 Å². The number of carboxylic acid groups (broad SMARTS) is 1. The van der Waals surface area contributed by atoms with Gasteiger partial charge in [0.2, 0.25) is 0 Å². The van der Waals surface area contributed by atoms with Crippen LogP contribution in [0.5, 0.6) is 0 Å². The highest BCUT2D eigenvalue weighted by atomic mass is 79.9. The Hall–Kier alpha value is -0.580. The number of aliphatic carboxylic acids is 1. The molecule has 0 heterocycles. The van der Waals surface area contributed by atoms with E-state index in [1.54, 1.807) is 6.07 Å². The van der Waals surface area contributed by atoms with Crippen LogP contribution in [0.2, 0.25) is 5.02 Å². The van der Waals surface area contributed by atoms with E-state index < -0.39 is 5.97 Å². The van der Waals surface area contributed by atoms with Crippen LogP contribution in [0.4, 0.5) is 0 Å². The highest BCUT2D eigenvalue weighted by molar-refractivity contribution is 9.10. The molecule has 0 unspecified atom stereocenters. The lowest BCUT2D eigenvalue weighted by Crippen LogP contribution is -2.29. The second-order valence-corrected chi connectivity index (χ2v) is 4.71. The summed E-state index contributed by atoms with van der Waals surface area (Å²) in [4.78, 5) is 12.5. The van der Waals surface area contributed by atoms with Crippen LogP contribution in [0.1, 0.15) is 12.5 Å².